The fourth-order valence-corrected chi connectivity index (χ4v) is 3.79. The fourth-order valence-electron chi connectivity index (χ4n) is 2.37. The highest BCUT2D eigenvalue weighted by atomic mass is 32.2. The quantitative estimate of drug-likeness (QED) is 0.782. The molecule has 0 spiro atoms. The maximum absolute atomic E-state index is 12.3. The Labute approximate surface area is 145 Å². The van der Waals surface area contributed by atoms with Crippen LogP contribution in [-0.4, -0.2) is 47.1 Å². The molecule has 1 aromatic rings. The van der Waals surface area contributed by atoms with Crippen molar-refractivity contribution < 1.29 is 23.5 Å². The minimum atomic E-state index is -0.723. The van der Waals surface area contributed by atoms with Crippen molar-refractivity contribution in [2.45, 2.75) is 44.6 Å². The number of carbonyl (C=O) groups is 3. The van der Waals surface area contributed by atoms with E-state index in [0.29, 0.717) is 11.5 Å². The molecule has 2 rings (SSSR count). The molecule has 1 saturated heterocycles. The molecule has 0 aromatic carbocycles. The number of carbonyl (C=O) groups excluding carboxylic acids is 3. The van der Waals surface area contributed by atoms with Gasteiger partial charge < -0.3 is 19.4 Å². The van der Waals surface area contributed by atoms with E-state index in [1.54, 1.807) is 12.1 Å². The van der Waals surface area contributed by atoms with Crippen LogP contribution in [0.2, 0.25) is 0 Å². The Morgan fingerprint density at radius 2 is 2.25 bits per heavy atom. The molecule has 132 valence electrons. The smallest absolute Gasteiger partial charge is 0.330 e. The van der Waals surface area contributed by atoms with Gasteiger partial charge in [-0.3, -0.25) is 9.59 Å². The Bertz CT molecular complexity index is 589. The van der Waals surface area contributed by atoms with Crippen LogP contribution < -0.4 is 5.32 Å². The lowest BCUT2D eigenvalue weighted by molar-refractivity contribution is -0.156. The van der Waals surface area contributed by atoms with Gasteiger partial charge >= 0.3 is 5.97 Å². The van der Waals surface area contributed by atoms with Gasteiger partial charge in [-0.25, -0.2) is 4.79 Å². The first-order valence-electron chi connectivity index (χ1n) is 7.84. The van der Waals surface area contributed by atoms with Crippen LogP contribution in [0.1, 0.15) is 38.3 Å². The van der Waals surface area contributed by atoms with E-state index in [9.17, 15) is 14.4 Å². The summed E-state index contributed by atoms with van der Waals surface area (Å²) in [5.74, 6) is -0.157. The number of ether oxygens (including phenoxy) is 1. The zero-order valence-corrected chi connectivity index (χ0v) is 14.8. The predicted octanol–water partition coefficient (Wildman–Crippen LogP) is 1.70. The van der Waals surface area contributed by atoms with Gasteiger partial charge in [0.2, 0.25) is 5.91 Å². The number of esters is 1. The maximum atomic E-state index is 12.3. The molecule has 0 radical (unpaired) electrons. The van der Waals surface area contributed by atoms with Crippen molar-refractivity contribution in [3.05, 3.63) is 24.2 Å². The molecule has 24 heavy (non-hydrogen) atoms. The van der Waals surface area contributed by atoms with E-state index < -0.39 is 12.0 Å². The van der Waals surface area contributed by atoms with Gasteiger partial charge in [0.05, 0.1) is 6.26 Å². The van der Waals surface area contributed by atoms with Gasteiger partial charge in [0.25, 0.3) is 5.91 Å². The van der Waals surface area contributed by atoms with Crippen LogP contribution in [0.5, 0.6) is 0 Å². The second-order valence-electron chi connectivity index (χ2n) is 5.63. The fraction of sp³-hybridized carbons (Fsp3) is 0.562. The summed E-state index contributed by atoms with van der Waals surface area (Å²) in [6, 6.07) is 2.80. The first kappa shape index (κ1) is 18.4. The van der Waals surface area contributed by atoms with Gasteiger partial charge in [0, 0.05) is 18.7 Å². The van der Waals surface area contributed by atoms with Crippen molar-refractivity contribution >= 4 is 29.5 Å². The van der Waals surface area contributed by atoms with Crippen LogP contribution in [0, 0.1) is 0 Å². The molecule has 3 atom stereocenters. The van der Waals surface area contributed by atoms with Crippen LogP contribution in [0.3, 0.4) is 0 Å². The number of rotatable bonds is 6. The van der Waals surface area contributed by atoms with E-state index in [1.807, 2.05) is 13.8 Å². The average Bonchev–Trinajstić information content (AvgIpc) is 3.20. The van der Waals surface area contributed by atoms with Gasteiger partial charge in [-0.15, -0.1) is 11.8 Å². The molecule has 1 aliphatic rings. The monoisotopic (exact) mass is 354 g/mol. The van der Waals surface area contributed by atoms with Gasteiger partial charge in [-0.2, -0.15) is 0 Å². The molecule has 1 N–H and O–H groups in total. The van der Waals surface area contributed by atoms with Gasteiger partial charge in [0.15, 0.2) is 6.61 Å². The molecule has 0 aliphatic carbocycles. The highest BCUT2D eigenvalue weighted by Gasteiger charge is 2.43. The van der Waals surface area contributed by atoms with E-state index in [4.69, 9.17) is 9.15 Å². The summed E-state index contributed by atoms with van der Waals surface area (Å²) in [4.78, 5) is 37.4. The molecule has 0 saturated carbocycles. The zero-order valence-electron chi connectivity index (χ0n) is 14.0. The Morgan fingerprint density at radius 3 is 2.83 bits per heavy atom. The first-order valence-corrected chi connectivity index (χ1v) is 8.88. The van der Waals surface area contributed by atoms with Crippen molar-refractivity contribution in [2.75, 3.05) is 12.4 Å². The summed E-state index contributed by atoms with van der Waals surface area (Å²) in [7, 11) is 0. The third kappa shape index (κ3) is 4.31. The number of hydrogen-bond acceptors (Lipinski definition) is 6. The normalized spacial score (nSPS) is 21.4. The van der Waals surface area contributed by atoms with Crippen molar-refractivity contribution in [2.24, 2.45) is 0 Å². The van der Waals surface area contributed by atoms with Crippen LogP contribution in [-0.2, 0) is 19.1 Å². The van der Waals surface area contributed by atoms with Gasteiger partial charge in [-0.05, 0) is 25.5 Å². The molecule has 2 amide bonds. The minimum Gasteiger partial charge on any atom is -0.466 e. The molecule has 0 unspecified atom stereocenters. The van der Waals surface area contributed by atoms with E-state index in [-0.39, 0.29) is 29.8 Å². The highest BCUT2D eigenvalue weighted by molar-refractivity contribution is 7.99. The third-order valence-corrected chi connectivity index (χ3v) is 5.07. The number of hydrogen-bond donors (Lipinski definition) is 1. The summed E-state index contributed by atoms with van der Waals surface area (Å²) >= 11 is 1.43. The Balaban J connectivity index is 1.96. The van der Waals surface area contributed by atoms with Gasteiger partial charge in [-0.1, -0.05) is 6.92 Å². The van der Waals surface area contributed by atoms with Crippen molar-refractivity contribution in [1.29, 1.82) is 0 Å². The van der Waals surface area contributed by atoms with E-state index in [2.05, 4.69) is 5.32 Å². The predicted molar refractivity (Wildman–Crippen MR) is 89.1 cm³/mol. The largest absolute Gasteiger partial charge is 0.466 e. The first-order chi connectivity index (χ1) is 11.4. The zero-order chi connectivity index (χ0) is 17.7. The van der Waals surface area contributed by atoms with Crippen LogP contribution >= 0.6 is 11.8 Å². The van der Waals surface area contributed by atoms with E-state index in [0.717, 1.165) is 6.42 Å². The standard InChI is InChI=1S/C16H22N2O5S/c1-4-10(2)17-14(20)8-23-16(21)12-9-24-15(18(12)11(3)19)13-6-5-7-22-13/h5-7,10,12,15H,4,8-9H2,1-3H3,(H,17,20)/t10-,12+,15-/m1/s1. The van der Waals surface area contributed by atoms with E-state index >= 15 is 0 Å². The maximum Gasteiger partial charge on any atom is 0.330 e. The van der Waals surface area contributed by atoms with E-state index in [1.165, 1.54) is 29.8 Å². The number of furan rings is 1. The summed E-state index contributed by atoms with van der Waals surface area (Å²) in [5.41, 5.74) is 0. The number of thioether (sulfide) groups is 1. The molecule has 1 aromatic heterocycles. The number of nitrogens with one attached hydrogen (secondary N) is 1. The topological polar surface area (TPSA) is 88.8 Å². The highest BCUT2D eigenvalue weighted by Crippen LogP contribution is 2.41. The average molecular weight is 354 g/mol. The van der Waals surface area contributed by atoms with Crippen LogP contribution in [0.4, 0.5) is 0 Å². The molecule has 8 heteroatoms. The summed E-state index contributed by atoms with van der Waals surface area (Å²) in [5, 5.41) is 2.37. The van der Waals surface area contributed by atoms with Crippen LogP contribution in [0.25, 0.3) is 0 Å². The molecule has 1 fully saturated rings. The third-order valence-electron chi connectivity index (χ3n) is 3.79. The summed E-state index contributed by atoms with van der Waals surface area (Å²) in [6.07, 6.45) is 2.32. The number of amides is 2. The molecule has 1 aliphatic heterocycles. The summed E-state index contributed by atoms with van der Waals surface area (Å²) < 4.78 is 10.4. The second kappa shape index (κ2) is 8.23. The molecule has 2 heterocycles. The number of nitrogens with zero attached hydrogens (tertiary/aromatic N) is 1. The molecule has 0 bridgehead atoms. The summed E-state index contributed by atoms with van der Waals surface area (Å²) in [6.45, 7) is 4.88. The van der Waals surface area contributed by atoms with Gasteiger partial charge in [0.1, 0.15) is 17.2 Å². The molecular weight excluding hydrogens is 332 g/mol. The lowest BCUT2D eigenvalue weighted by atomic mass is 10.2. The molecular formula is C16H22N2O5S. The Hall–Kier alpha value is -1.96. The van der Waals surface area contributed by atoms with Crippen LogP contribution in [0.15, 0.2) is 22.8 Å². The molecule has 7 nitrogen and oxygen atoms in total. The second-order valence-corrected chi connectivity index (χ2v) is 6.74. The SMILES string of the molecule is CC[C@@H](C)NC(=O)COC(=O)[C@@H]1CS[C@H](c2ccco2)N1C(C)=O. The lowest BCUT2D eigenvalue weighted by Crippen LogP contribution is -2.44. The van der Waals surface area contributed by atoms with Crippen molar-refractivity contribution in [3.8, 4) is 0 Å². The lowest BCUT2D eigenvalue weighted by Gasteiger charge is -2.25. The van der Waals surface area contributed by atoms with Crippen molar-refractivity contribution in [1.82, 2.24) is 10.2 Å². The Kier molecular flexibility index (Phi) is 6.30. The van der Waals surface area contributed by atoms with Crippen molar-refractivity contribution in [3.63, 3.8) is 0 Å². The minimum absolute atomic E-state index is 0.0234. The Morgan fingerprint density at radius 1 is 1.50 bits per heavy atom.